The predicted octanol–water partition coefficient (Wildman–Crippen LogP) is 4.19. The van der Waals surface area contributed by atoms with Crippen molar-refractivity contribution in [1.82, 2.24) is 14.7 Å². The van der Waals surface area contributed by atoms with Gasteiger partial charge in [-0.1, -0.05) is 41.9 Å². The van der Waals surface area contributed by atoms with Crippen molar-refractivity contribution in [3.8, 4) is 11.4 Å². The van der Waals surface area contributed by atoms with Crippen LogP contribution in [0, 0.1) is 6.92 Å². The number of halogens is 1. The summed E-state index contributed by atoms with van der Waals surface area (Å²) in [5.41, 5.74) is 2.32. The standard InChI is InChI=1S/C24H24ClN3O4/c1-16-22(23(25)28(26-16)19-6-4-3-5-7-19)24(30)32-15-21(29)27(18-10-11-18)14-17-8-12-20(31-2)13-9-17/h3-9,12-13,18H,10-11,14-15H2,1-2H3. The number of esters is 1. The molecule has 0 aliphatic heterocycles. The summed E-state index contributed by atoms with van der Waals surface area (Å²) in [4.78, 5) is 27.3. The molecule has 0 saturated heterocycles. The minimum Gasteiger partial charge on any atom is -0.497 e. The first-order valence-corrected chi connectivity index (χ1v) is 10.8. The third-order valence-corrected chi connectivity index (χ3v) is 5.70. The van der Waals surface area contributed by atoms with Gasteiger partial charge in [-0.3, -0.25) is 4.79 Å². The van der Waals surface area contributed by atoms with Crippen molar-refractivity contribution in [3.63, 3.8) is 0 Å². The molecule has 4 rings (SSSR count). The second kappa shape index (κ2) is 9.44. The number of hydrogen-bond acceptors (Lipinski definition) is 5. The largest absolute Gasteiger partial charge is 0.497 e. The summed E-state index contributed by atoms with van der Waals surface area (Å²) in [7, 11) is 1.61. The molecule has 0 bridgehead atoms. The molecule has 1 saturated carbocycles. The van der Waals surface area contributed by atoms with Gasteiger partial charge in [-0.05, 0) is 49.6 Å². The molecule has 8 heteroatoms. The Morgan fingerprint density at radius 3 is 2.44 bits per heavy atom. The van der Waals surface area contributed by atoms with Crippen molar-refractivity contribution in [3.05, 3.63) is 76.6 Å². The van der Waals surface area contributed by atoms with E-state index in [0.717, 1.165) is 29.8 Å². The molecule has 7 nitrogen and oxygen atoms in total. The molecule has 2 aromatic carbocycles. The zero-order valence-corrected chi connectivity index (χ0v) is 18.7. The molecule has 3 aromatic rings. The van der Waals surface area contributed by atoms with Gasteiger partial charge in [0.15, 0.2) is 6.61 Å². The number of carbonyl (C=O) groups excluding carboxylic acids is 2. The summed E-state index contributed by atoms with van der Waals surface area (Å²) in [5, 5.41) is 4.51. The molecule has 0 spiro atoms. The number of ether oxygens (including phenoxy) is 2. The lowest BCUT2D eigenvalue weighted by Gasteiger charge is -2.22. The van der Waals surface area contributed by atoms with Gasteiger partial charge in [0, 0.05) is 12.6 Å². The maximum atomic E-state index is 12.9. The van der Waals surface area contributed by atoms with Crippen molar-refractivity contribution in [2.45, 2.75) is 32.4 Å². The topological polar surface area (TPSA) is 73.7 Å². The SMILES string of the molecule is COc1ccc(CN(C(=O)COC(=O)c2c(C)nn(-c3ccccc3)c2Cl)C2CC2)cc1. The molecule has 1 aliphatic carbocycles. The van der Waals surface area contributed by atoms with E-state index >= 15 is 0 Å². The fourth-order valence-corrected chi connectivity index (χ4v) is 3.84. The predicted molar refractivity (Wildman–Crippen MR) is 120 cm³/mol. The Balaban J connectivity index is 1.42. The molecule has 1 fully saturated rings. The average Bonchev–Trinajstić information content (AvgIpc) is 3.61. The molecule has 32 heavy (non-hydrogen) atoms. The van der Waals surface area contributed by atoms with Crippen molar-refractivity contribution in [2.24, 2.45) is 0 Å². The fourth-order valence-electron chi connectivity index (χ4n) is 3.49. The van der Waals surface area contributed by atoms with Gasteiger partial charge in [-0.25, -0.2) is 9.48 Å². The fraction of sp³-hybridized carbons (Fsp3) is 0.292. The van der Waals surface area contributed by atoms with Gasteiger partial charge in [0.2, 0.25) is 0 Å². The van der Waals surface area contributed by atoms with Gasteiger partial charge < -0.3 is 14.4 Å². The first kappa shape index (κ1) is 21.9. The Labute approximate surface area is 191 Å². The Kier molecular flexibility index (Phi) is 6.46. The Bertz CT molecular complexity index is 1110. The van der Waals surface area contributed by atoms with Crippen LogP contribution in [0.2, 0.25) is 5.15 Å². The van der Waals surface area contributed by atoms with E-state index in [0.29, 0.717) is 12.2 Å². The number of nitrogens with zero attached hydrogens (tertiary/aromatic N) is 3. The monoisotopic (exact) mass is 453 g/mol. The van der Waals surface area contributed by atoms with E-state index in [-0.39, 0.29) is 29.3 Å². The maximum Gasteiger partial charge on any atom is 0.343 e. The van der Waals surface area contributed by atoms with Crippen LogP contribution in [0.15, 0.2) is 54.6 Å². The van der Waals surface area contributed by atoms with Crippen LogP contribution in [-0.4, -0.2) is 46.3 Å². The van der Waals surface area contributed by atoms with Crippen LogP contribution in [0.3, 0.4) is 0 Å². The van der Waals surface area contributed by atoms with Gasteiger partial charge in [0.05, 0.1) is 18.5 Å². The van der Waals surface area contributed by atoms with E-state index in [1.807, 2.05) is 54.6 Å². The number of carbonyl (C=O) groups is 2. The number of amides is 1. The second-order valence-corrected chi connectivity index (χ2v) is 8.03. The zero-order chi connectivity index (χ0) is 22.7. The van der Waals surface area contributed by atoms with Gasteiger partial charge >= 0.3 is 5.97 Å². The van der Waals surface area contributed by atoms with Crippen LogP contribution in [-0.2, 0) is 16.1 Å². The quantitative estimate of drug-likeness (QED) is 0.478. The van der Waals surface area contributed by atoms with Crippen molar-refractivity contribution in [1.29, 1.82) is 0 Å². The van der Waals surface area contributed by atoms with Crippen molar-refractivity contribution < 1.29 is 19.1 Å². The minimum absolute atomic E-state index is 0.156. The van der Waals surface area contributed by atoms with Crippen LogP contribution in [0.25, 0.3) is 5.69 Å². The number of hydrogen-bond donors (Lipinski definition) is 0. The highest BCUT2D eigenvalue weighted by molar-refractivity contribution is 6.33. The van der Waals surface area contributed by atoms with E-state index in [4.69, 9.17) is 21.1 Å². The number of aryl methyl sites for hydroxylation is 1. The van der Waals surface area contributed by atoms with Crippen LogP contribution >= 0.6 is 11.6 Å². The van der Waals surface area contributed by atoms with Crippen molar-refractivity contribution >= 4 is 23.5 Å². The van der Waals surface area contributed by atoms with E-state index in [9.17, 15) is 9.59 Å². The zero-order valence-electron chi connectivity index (χ0n) is 18.0. The Morgan fingerprint density at radius 1 is 1.12 bits per heavy atom. The second-order valence-electron chi connectivity index (χ2n) is 7.68. The van der Waals surface area contributed by atoms with Gasteiger partial charge in [0.25, 0.3) is 5.91 Å². The number of benzene rings is 2. The molecular weight excluding hydrogens is 430 g/mol. The smallest absolute Gasteiger partial charge is 0.343 e. The molecule has 166 valence electrons. The van der Waals surface area contributed by atoms with Gasteiger partial charge in [0.1, 0.15) is 16.5 Å². The molecular formula is C24H24ClN3O4. The summed E-state index contributed by atoms with van der Waals surface area (Å²) in [6.07, 6.45) is 1.90. The Morgan fingerprint density at radius 2 is 1.81 bits per heavy atom. The van der Waals surface area contributed by atoms with Crippen molar-refractivity contribution in [2.75, 3.05) is 13.7 Å². The summed E-state index contributed by atoms with van der Waals surface area (Å²) in [5.74, 6) is -0.139. The molecule has 0 unspecified atom stereocenters. The molecule has 0 atom stereocenters. The number of rotatable bonds is 8. The average molecular weight is 454 g/mol. The van der Waals surface area contributed by atoms with E-state index in [1.165, 1.54) is 4.68 Å². The first-order chi connectivity index (χ1) is 15.5. The third kappa shape index (κ3) is 4.78. The van der Waals surface area contributed by atoms with Crippen LogP contribution < -0.4 is 4.74 Å². The minimum atomic E-state index is -0.664. The summed E-state index contributed by atoms with van der Waals surface area (Å²) >= 11 is 6.42. The van der Waals surface area contributed by atoms with Gasteiger partial charge in [-0.15, -0.1) is 0 Å². The molecule has 1 aromatic heterocycles. The summed E-state index contributed by atoms with van der Waals surface area (Å²) in [6, 6.07) is 17.0. The number of para-hydroxylation sites is 1. The van der Waals surface area contributed by atoms with Gasteiger partial charge in [-0.2, -0.15) is 5.10 Å². The number of aromatic nitrogens is 2. The van der Waals surface area contributed by atoms with Crippen LogP contribution in [0.5, 0.6) is 5.75 Å². The summed E-state index contributed by atoms with van der Waals surface area (Å²) < 4.78 is 12.0. The lowest BCUT2D eigenvalue weighted by Crippen LogP contribution is -2.36. The molecule has 0 radical (unpaired) electrons. The molecule has 1 amide bonds. The van der Waals surface area contributed by atoms with E-state index < -0.39 is 5.97 Å². The van der Waals surface area contributed by atoms with E-state index in [1.54, 1.807) is 18.9 Å². The first-order valence-electron chi connectivity index (χ1n) is 10.4. The van der Waals surface area contributed by atoms with E-state index in [2.05, 4.69) is 5.10 Å². The summed E-state index contributed by atoms with van der Waals surface area (Å²) in [6.45, 7) is 1.79. The lowest BCUT2D eigenvalue weighted by molar-refractivity contribution is -0.135. The molecule has 0 N–H and O–H groups in total. The molecule has 1 aliphatic rings. The van der Waals surface area contributed by atoms with Crippen LogP contribution in [0.1, 0.15) is 34.5 Å². The van der Waals surface area contributed by atoms with Crippen LogP contribution in [0.4, 0.5) is 0 Å². The highest BCUT2D eigenvalue weighted by Crippen LogP contribution is 2.29. The number of methoxy groups -OCH3 is 1. The normalized spacial score (nSPS) is 13.0. The maximum absolute atomic E-state index is 12.9. The highest BCUT2D eigenvalue weighted by Gasteiger charge is 2.33. The Hall–Kier alpha value is -3.32. The highest BCUT2D eigenvalue weighted by atomic mass is 35.5. The molecule has 1 heterocycles. The lowest BCUT2D eigenvalue weighted by atomic mass is 10.2. The third-order valence-electron chi connectivity index (χ3n) is 5.36.